The molecular formula is C18H30N6. The first-order valence-electron chi connectivity index (χ1n) is 8.57. The number of nitrogens with zero attached hydrogens (tertiary/aromatic N) is 2. The summed E-state index contributed by atoms with van der Waals surface area (Å²) in [6.45, 7) is 12.2. The zero-order valence-corrected chi connectivity index (χ0v) is 15.6. The summed E-state index contributed by atoms with van der Waals surface area (Å²) in [5, 5.41) is 6.55. The van der Waals surface area contributed by atoms with Gasteiger partial charge in [0.25, 0.3) is 0 Å². The summed E-state index contributed by atoms with van der Waals surface area (Å²) in [6.07, 6.45) is 1.85. The summed E-state index contributed by atoms with van der Waals surface area (Å²) in [7, 11) is 0. The second-order valence-electron chi connectivity index (χ2n) is 6.62. The van der Waals surface area contributed by atoms with Crippen molar-refractivity contribution in [1.29, 1.82) is 0 Å². The summed E-state index contributed by atoms with van der Waals surface area (Å²) in [5.74, 6) is 1.45. The van der Waals surface area contributed by atoms with Gasteiger partial charge in [0.1, 0.15) is 11.7 Å². The quantitative estimate of drug-likeness (QED) is 0.665. The van der Waals surface area contributed by atoms with Crippen LogP contribution in [0.4, 0.5) is 5.69 Å². The minimum Gasteiger partial charge on any atom is -0.384 e. The first-order valence-corrected chi connectivity index (χ1v) is 8.57. The summed E-state index contributed by atoms with van der Waals surface area (Å²) < 4.78 is 0. The molecular weight excluding hydrogens is 300 g/mol. The van der Waals surface area contributed by atoms with Gasteiger partial charge in [-0.05, 0) is 52.2 Å². The largest absolute Gasteiger partial charge is 0.384 e. The Bertz CT molecular complexity index is 664. The van der Waals surface area contributed by atoms with E-state index in [1.165, 1.54) is 0 Å². The van der Waals surface area contributed by atoms with Crippen LogP contribution < -0.4 is 22.1 Å². The van der Waals surface area contributed by atoms with Crippen molar-refractivity contribution >= 4 is 11.5 Å². The Labute approximate surface area is 144 Å². The van der Waals surface area contributed by atoms with E-state index >= 15 is 0 Å². The van der Waals surface area contributed by atoms with E-state index in [0.717, 1.165) is 47.0 Å². The van der Waals surface area contributed by atoms with E-state index in [4.69, 9.17) is 16.5 Å². The maximum absolute atomic E-state index is 6.78. The molecule has 0 fully saturated rings. The van der Waals surface area contributed by atoms with E-state index in [-0.39, 0.29) is 5.92 Å². The van der Waals surface area contributed by atoms with Gasteiger partial charge in [-0.15, -0.1) is 0 Å². The molecule has 1 aromatic rings. The van der Waals surface area contributed by atoms with Crippen LogP contribution in [0.3, 0.4) is 0 Å². The van der Waals surface area contributed by atoms with Crippen molar-refractivity contribution in [3.63, 3.8) is 0 Å². The first kappa shape index (κ1) is 18.3. The number of amidine groups is 1. The lowest BCUT2D eigenvalue weighted by molar-refractivity contribution is 0.302. The van der Waals surface area contributed by atoms with Crippen LogP contribution in [-0.4, -0.2) is 16.5 Å². The van der Waals surface area contributed by atoms with Crippen LogP contribution in [-0.2, 0) is 0 Å². The molecule has 0 spiro atoms. The predicted molar refractivity (Wildman–Crippen MR) is 101 cm³/mol. The van der Waals surface area contributed by atoms with Gasteiger partial charge in [-0.3, -0.25) is 4.98 Å². The molecule has 0 aromatic carbocycles. The molecule has 1 aromatic heterocycles. The summed E-state index contributed by atoms with van der Waals surface area (Å²) in [5.41, 5.74) is 16.9. The normalized spacial score (nSPS) is 20.9. The summed E-state index contributed by atoms with van der Waals surface area (Å²) >= 11 is 0. The highest BCUT2D eigenvalue weighted by Gasteiger charge is 2.41. The summed E-state index contributed by atoms with van der Waals surface area (Å²) in [6, 6.07) is 2.05. The van der Waals surface area contributed by atoms with Crippen LogP contribution in [0.25, 0.3) is 0 Å². The molecule has 0 bridgehead atoms. The van der Waals surface area contributed by atoms with Gasteiger partial charge in [0.15, 0.2) is 5.66 Å². The Balaban J connectivity index is 2.52. The van der Waals surface area contributed by atoms with Crippen molar-refractivity contribution in [3.8, 4) is 0 Å². The van der Waals surface area contributed by atoms with Gasteiger partial charge in [0.2, 0.25) is 0 Å². The Morgan fingerprint density at radius 1 is 1.21 bits per heavy atom. The van der Waals surface area contributed by atoms with Crippen molar-refractivity contribution < 1.29 is 0 Å². The molecule has 1 aliphatic rings. The van der Waals surface area contributed by atoms with Crippen LogP contribution >= 0.6 is 0 Å². The Morgan fingerprint density at radius 2 is 1.83 bits per heavy atom. The van der Waals surface area contributed by atoms with Gasteiger partial charge in [-0.2, -0.15) is 0 Å². The second kappa shape index (κ2) is 6.81. The zero-order valence-electron chi connectivity index (χ0n) is 15.6. The van der Waals surface area contributed by atoms with Crippen molar-refractivity contribution in [1.82, 2.24) is 10.3 Å². The molecule has 0 aliphatic carbocycles. The number of hydrogen-bond donors (Lipinski definition) is 4. The number of aliphatic imine (C=N–C) groups is 1. The van der Waals surface area contributed by atoms with Crippen molar-refractivity contribution in [2.45, 2.75) is 60.0 Å². The van der Waals surface area contributed by atoms with Crippen LogP contribution in [0, 0.1) is 26.7 Å². The second-order valence-corrected chi connectivity index (χ2v) is 6.62. The number of pyridine rings is 1. The highest BCUT2D eigenvalue weighted by molar-refractivity contribution is 5.84. The monoisotopic (exact) mass is 330 g/mol. The highest BCUT2D eigenvalue weighted by Crippen LogP contribution is 2.34. The van der Waals surface area contributed by atoms with Gasteiger partial charge in [-0.25, -0.2) is 4.99 Å². The fourth-order valence-corrected chi connectivity index (χ4v) is 3.55. The highest BCUT2D eigenvalue weighted by atomic mass is 15.2. The number of aryl methyl sites for hydroxylation is 3. The molecule has 2 heterocycles. The van der Waals surface area contributed by atoms with Crippen molar-refractivity contribution in [3.05, 3.63) is 34.5 Å². The molecule has 0 saturated carbocycles. The average molecular weight is 330 g/mol. The number of nitrogens with two attached hydrogens (primary N) is 2. The van der Waals surface area contributed by atoms with Crippen LogP contribution in [0.2, 0.25) is 0 Å². The van der Waals surface area contributed by atoms with Gasteiger partial charge in [-0.1, -0.05) is 13.8 Å². The molecule has 6 nitrogen and oxygen atoms in total. The summed E-state index contributed by atoms with van der Waals surface area (Å²) in [4.78, 5) is 9.27. The molecule has 132 valence electrons. The number of hydrogen-bond acceptors (Lipinski definition) is 6. The first-order chi connectivity index (χ1) is 11.2. The Morgan fingerprint density at radius 3 is 2.38 bits per heavy atom. The van der Waals surface area contributed by atoms with Crippen molar-refractivity contribution in [2.24, 2.45) is 22.4 Å². The molecule has 0 saturated heterocycles. The molecule has 2 rings (SSSR count). The average Bonchev–Trinajstić information content (AvgIpc) is 2.45. The number of rotatable bonds is 5. The molecule has 1 aliphatic heterocycles. The number of aromatic nitrogens is 1. The minimum atomic E-state index is -0.868. The van der Waals surface area contributed by atoms with E-state index in [2.05, 4.69) is 36.4 Å². The maximum atomic E-state index is 6.78. The number of anilines is 1. The van der Waals surface area contributed by atoms with Crippen LogP contribution in [0.1, 0.15) is 50.6 Å². The topological polar surface area (TPSA) is 101 Å². The number of nitrogens with one attached hydrogen (secondary N) is 2. The Kier molecular flexibility index (Phi) is 5.18. The van der Waals surface area contributed by atoms with Gasteiger partial charge in [0, 0.05) is 11.6 Å². The Hall–Kier alpha value is -2.08. The standard InChI is InChI=1S/C18H30N6/c1-7-14(8-2)18(20)16(17(19)22-13(6)24-18)23-15-10(3)9-11(4)21-12(15)5/h9,14,23H,7-8,19-20H2,1-6H3,(H,22,24). The molecule has 0 amide bonds. The fraction of sp³-hybridized carbons (Fsp3) is 0.556. The molecule has 24 heavy (non-hydrogen) atoms. The zero-order chi connectivity index (χ0) is 18.1. The molecule has 1 unspecified atom stereocenters. The van der Waals surface area contributed by atoms with E-state index < -0.39 is 5.66 Å². The third kappa shape index (κ3) is 3.24. The third-order valence-electron chi connectivity index (χ3n) is 4.72. The van der Waals surface area contributed by atoms with Gasteiger partial charge in [0.05, 0.1) is 17.1 Å². The van der Waals surface area contributed by atoms with E-state index in [1.807, 2.05) is 26.8 Å². The SMILES string of the molecule is CCC(CC)C1(N)N=C(C)NC(N)=C1Nc1c(C)cc(C)nc1C. The van der Waals surface area contributed by atoms with Gasteiger partial charge >= 0.3 is 0 Å². The lowest BCUT2D eigenvalue weighted by Gasteiger charge is -2.40. The molecule has 0 radical (unpaired) electrons. The van der Waals surface area contributed by atoms with E-state index in [0.29, 0.717) is 5.82 Å². The van der Waals surface area contributed by atoms with E-state index in [1.54, 1.807) is 0 Å². The van der Waals surface area contributed by atoms with Crippen LogP contribution in [0.5, 0.6) is 0 Å². The molecule has 1 atom stereocenters. The smallest absolute Gasteiger partial charge is 0.157 e. The van der Waals surface area contributed by atoms with Crippen molar-refractivity contribution in [2.75, 3.05) is 5.32 Å². The van der Waals surface area contributed by atoms with E-state index in [9.17, 15) is 0 Å². The maximum Gasteiger partial charge on any atom is 0.157 e. The third-order valence-corrected chi connectivity index (χ3v) is 4.72. The minimum absolute atomic E-state index is 0.189. The predicted octanol–water partition coefficient (Wildman–Crippen LogP) is 2.66. The molecule has 6 heteroatoms. The van der Waals surface area contributed by atoms with Crippen LogP contribution in [0.15, 0.2) is 22.6 Å². The fourth-order valence-electron chi connectivity index (χ4n) is 3.55. The lowest BCUT2D eigenvalue weighted by Crippen LogP contribution is -2.55. The molecule has 6 N–H and O–H groups in total. The van der Waals surface area contributed by atoms with Gasteiger partial charge < -0.3 is 22.1 Å². The lowest BCUT2D eigenvalue weighted by atomic mass is 9.85.